The number of carbonyl (C=O) groups is 2. The smallest absolute Gasteiger partial charge is 0.466 e. The van der Waals surface area contributed by atoms with Crippen molar-refractivity contribution in [2.75, 3.05) is 6.61 Å². The number of esters is 1. The van der Waals surface area contributed by atoms with Crippen molar-refractivity contribution in [2.45, 2.75) is 63.7 Å². The van der Waals surface area contributed by atoms with Crippen molar-refractivity contribution in [1.29, 1.82) is 0 Å². The van der Waals surface area contributed by atoms with Crippen molar-refractivity contribution in [3.63, 3.8) is 0 Å². The van der Waals surface area contributed by atoms with Crippen molar-refractivity contribution in [2.24, 2.45) is 0 Å². The first-order chi connectivity index (χ1) is 16.5. The Morgan fingerprint density at radius 2 is 1.57 bits per heavy atom. The predicted octanol–water partition coefficient (Wildman–Crippen LogP) is 7.20. The Hall–Kier alpha value is -3.17. The number of rotatable bonds is 12. The van der Waals surface area contributed by atoms with Gasteiger partial charge in [-0.3, -0.25) is 4.79 Å². The van der Waals surface area contributed by atoms with Gasteiger partial charge in [-0.25, -0.2) is 4.79 Å². The fourth-order valence-electron chi connectivity index (χ4n) is 3.24. The average Bonchev–Trinajstić information content (AvgIpc) is 2.79. The number of aryl methyl sites for hydroxylation is 1. The standard InChI is InChI=1S/C25H27F5O5/c1-2-33-22(31)12-6-8-18-13-15-19(16-14-18)21(11-7-17-24(26,27)25(28,29)30)35-23(32)34-20-9-4-3-5-10-20/h3-5,9-10,13-16,21H,2,6-8,11-12,17H2,1H3/t21-/m0/s1. The Balaban J connectivity index is 2.04. The SMILES string of the molecule is CCOC(=O)CCCc1ccc([C@H](CCCC(F)(F)C(F)(F)F)OC(=O)Oc2ccccc2)cc1. The summed E-state index contributed by atoms with van der Waals surface area (Å²) < 4.78 is 79.3. The summed E-state index contributed by atoms with van der Waals surface area (Å²) in [4.78, 5) is 23.7. The van der Waals surface area contributed by atoms with Crippen LogP contribution in [0.1, 0.15) is 56.3 Å². The van der Waals surface area contributed by atoms with Crippen LogP contribution in [0.5, 0.6) is 5.75 Å². The van der Waals surface area contributed by atoms with Crippen LogP contribution in [0.15, 0.2) is 54.6 Å². The quantitative estimate of drug-likeness (QED) is 0.175. The van der Waals surface area contributed by atoms with E-state index in [-0.39, 0.29) is 24.6 Å². The van der Waals surface area contributed by atoms with E-state index in [2.05, 4.69) is 0 Å². The lowest BCUT2D eigenvalue weighted by Gasteiger charge is -2.22. The van der Waals surface area contributed by atoms with E-state index in [1.54, 1.807) is 49.4 Å². The molecule has 0 bridgehead atoms. The van der Waals surface area contributed by atoms with Gasteiger partial charge in [-0.15, -0.1) is 0 Å². The molecule has 192 valence electrons. The second kappa shape index (κ2) is 13.1. The van der Waals surface area contributed by atoms with Gasteiger partial charge in [0.1, 0.15) is 11.9 Å². The highest BCUT2D eigenvalue weighted by Crippen LogP contribution is 2.40. The van der Waals surface area contributed by atoms with Crippen molar-refractivity contribution in [1.82, 2.24) is 0 Å². The topological polar surface area (TPSA) is 61.8 Å². The minimum atomic E-state index is -5.65. The highest BCUT2D eigenvalue weighted by atomic mass is 19.4. The monoisotopic (exact) mass is 502 g/mol. The van der Waals surface area contributed by atoms with Gasteiger partial charge in [0.2, 0.25) is 0 Å². The van der Waals surface area contributed by atoms with Gasteiger partial charge in [-0.2, -0.15) is 22.0 Å². The molecule has 35 heavy (non-hydrogen) atoms. The number of ether oxygens (including phenoxy) is 3. The molecule has 0 aromatic heterocycles. The summed E-state index contributed by atoms with van der Waals surface area (Å²) in [5.74, 6) is -4.95. The van der Waals surface area contributed by atoms with Gasteiger partial charge in [-0.05, 0) is 55.9 Å². The Kier molecular flexibility index (Phi) is 10.5. The zero-order chi connectivity index (χ0) is 25.9. The van der Waals surface area contributed by atoms with E-state index >= 15 is 0 Å². The van der Waals surface area contributed by atoms with Gasteiger partial charge in [0.15, 0.2) is 0 Å². The summed E-state index contributed by atoms with van der Waals surface area (Å²) in [5, 5.41) is 0. The van der Waals surface area contributed by atoms with E-state index in [1.807, 2.05) is 0 Å². The fourth-order valence-corrected chi connectivity index (χ4v) is 3.24. The third-order valence-corrected chi connectivity index (χ3v) is 5.06. The third kappa shape index (κ3) is 9.54. The molecule has 0 aliphatic rings. The van der Waals surface area contributed by atoms with Crippen LogP contribution in [-0.4, -0.2) is 30.8 Å². The molecule has 0 unspecified atom stereocenters. The van der Waals surface area contributed by atoms with Crippen molar-refractivity contribution >= 4 is 12.1 Å². The summed E-state index contributed by atoms with van der Waals surface area (Å²) in [6.45, 7) is 2.02. The van der Waals surface area contributed by atoms with E-state index in [0.29, 0.717) is 25.0 Å². The normalized spacial score (nSPS) is 12.6. The Labute approximate surface area is 200 Å². The molecular weight excluding hydrogens is 475 g/mol. The van der Waals surface area contributed by atoms with Gasteiger partial charge < -0.3 is 14.2 Å². The first-order valence-electron chi connectivity index (χ1n) is 11.1. The van der Waals surface area contributed by atoms with E-state index in [1.165, 1.54) is 12.1 Å². The number of para-hydroxylation sites is 1. The largest absolute Gasteiger partial charge is 0.514 e. The molecule has 0 aliphatic carbocycles. The average molecular weight is 502 g/mol. The molecule has 0 aliphatic heterocycles. The first-order valence-corrected chi connectivity index (χ1v) is 11.1. The molecule has 0 fully saturated rings. The van der Waals surface area contributed by atoms with Crippen molar-refractivity contribution in [3.05, 3.63) is 65.7 Å². The molecule has 5 nitrogen and oxygen atoms in total. The minimum absolute atomic E-state index is 0.191. The molecular formula is C25H27F5O5. The van der Waals surface area contributed by atoms with Crippen LogP contribution < -0.4 is 4.74 Å². The molecule has 2 rings (SSSR count). The number of halogens is 5. The summed E-state index contributed by atoms with van der Waals surface area (Å²) in [6, 6.07) is 14.6. The van der Waals surface area contributed by atoms with Crippen LogP contribution in [0.25, 0.3) is 0 Å². The lowest BCUT2D eigenvalue weighted by Crippen LogP contribution is -2.36. The van der Waals surface area contributed by atoms with Gasteiger partial charge in [0.05, 0.1) is 6.61 Å². The molecule has 0 spiro atoms. The Bertz CT molecular complexity index is 930. The molecule has 0 saturated carbocycles. The number of alkyl halides is 5. The minimum Gasteiger partial charge on any atom is -0.466 e. The van der Waals surface area contributed by atoms with Crippen LogP contribution in [0.4, 0.5) is 26.7 Å². The highest BCUT2D eigenvalue weighted by Gasteiger charge is 2.56. The van der Waals surface area contributed by atoms with Crippen LogP contribution in [0, 0.1) is 0 Å². The first kappa shape index (κ1) is 28.1. The molecule has 1 atom stereocenters. The van der Waals surface area contributed by atoms with Gasteiger partial charge in [0, 0.05) is 12.8 Å². The number of carbonyl (C=O) groups excluding carboxylic acids is 2. The summed E-state index contributed by atoms with van der Waals surface area (Å²) in [7, 11) is 0. The highest BCUT2D eigenvalue weighted by molar-refractivity contribution is 5.69. The summed E-state index contributed by atoms with van der Waals surface area (Å²) in [5.41, 5.74) is 1.28. The number of hydrogen-bond acceptors (Lipinski definition) is 5. The lowest BCUT2D eigenvalue weighted by molar-refractivity contribution is -0.284. The van der Waals surface area contributed by atoms with Crippen LogP contribution in [0.3, 0.4) is 0 Å². The molecule has 0 amide bonds. The van der Waals surface area contributed by atoms with E-state index in [0.717, 1.165) is 5.56 Å². The molecule has 2 aromatic rings. The van der Waals surface area contributed by atoms with Gasteiger partial charge >= 0.3 is 24.2 Å². The zero-order valence-electron chi connectivity index (χ0n) is 19.2. The zero-order valence-corrected chi connectivity index (χ0v) is 19.2. The summed E-state index contributed by atoms with van der Waals surface area (Å²) in [6.07, 6.45) is -8.73. The van der Waals surface area contributed by atoms with Gasteiger partial charge in [0.25, 0.3) is 0 Å². The second-order valence-electron chi connectivity index (χ2n) is 7.77. The maximum atomic E-state index is 13.3. The molecule has 0 radical (unpaired) electrons. The van der Waals surface area contributed by atoms with Crippen LogP contribution in [-0.2, 0) is 20.7 Å². The Morgan fingerprint density at radius 3 is 2.17 bits per heavy atom. The van der Waals surface area contributed by atoms with Crippen molar-refractivity contribution < 1.29 is 45.8 Å². The molecule has 0 N–H and O–H groups in total. The maximum Gasteiger partial charge on any atom is 0.514 e. The Morgan fingerprint density at radius 1 is 0.914 bits per heavy atom. The lowest BCUT2D eigenvalue weighted by atomic mass is 9.99. The van der Waals surface area contributed by atoms with Crippen LogP contribution >= 0.6 is 0 Å². The molecule has 0 saturated heterocycles. The molecule has 2 aromatic carbocycles. The molecule has 10 heteroatoms. The van der Waals surface area contributed by atoms with Crippen molar-refractivity contribution in [3.8, 4) is 5.75 Å². The number of hydrogen-bond donors (Lipinski definition) is 0. The van der Waals surface area contributed by atoms with E-state index in [4.69, 9.17) is 14.2 Å². The van der Waals surface area contributed by atoms with E-state index < -0.39 is 37.2 Å². The predicted molar refractivity (Wildman–Crippen MR) is 117 cm³/mol. The van der Waals surface area contributed by atoms with Gasteiger partial charge in [-0.1, -0.05) is 42.5 Å². The number of benzene rings is 2. The fraction of sp³-hybridized carbons (Fsp3) is 0.440. The van der Waals surface area contributed by atoms with Crippen LogP contribution in [0.2, 0.25) is 0 Å². The molecule has 0 heterocycles. The third-order valence-electron chi connectivity index (χ3n) is 5.06. The summed E-state index contributed by atoms with van der Waals surface area (Å²) >= 11 is 0. The van der Waals surface area contributed by atoms with E-state index in [9.17, 15) is 31.5 Å². The maximum absolute atomic E-state index is 13.3. The second-order valence-corrected chi connectivity index (χ2v) is 7.77.